The highest BCUT2D eigenvalue weighted by Gasteiger charge is 2.01. The maximum absolute atomic E-state index is 5.20. The van der Waals surface area contributed by atoms with Crippen LogP contribution in [0.1, 0.15) is 13.3 Å². The molecule has 0 bridgehead atoms. The highest BCUT2D eigenvalue weighted by Crippen LogP contribution is 1.87. The first-order valence-corrected chi connectivity index (χ1v) is 3.19. The van der Waals surface area contributed by atoms with Crippen molar-refractivity contribution < 1.29 is 4.74 Å². The van der Waals surface area contributed by atoms with E-state index in [4.69, 9.17) is 10.6 Å². The number of rotatable bonds is 4. The SMILES string of the molecule is CC#CCC(COC)NN. The molecule has 3 heteroatoms. The fourth-order valence-electron chi connectivity index (χ4n) is 0.592. The van der Waals surface area contributed by atoms with Gasteiger partial charge >= 0.3 is 0 Å². The van der Waals surface area contributed by atoms with E-state index in [-0.39, 0.29) is 6.04 Å². The van der Waals surface area contributed by atoms with Crippen molar-refractivity contribution in [2.75, 3.05) is 13.7 Å². The van der Waals surface area contributed by atoms with Crippen LogP contribution in [0.15, 0.2) is 0 Å². The normalized spacial score (nSPS) is 11.9. The van der Waals surface area contributed by atoms with Crippen LogP contribution in [0.25, 0.3) is 0 Å². The largest absolute Gasteiger partial charge is 0.383 e. The standard InChI is InChI=1S/C7H14N2O/c1-3-4-5-7(9-8)6-10-2/h7,9H,5-6,8H2,1-2H3. The van der Waals surface area contributed by atoms with Gasteiger partial charge in [0.2, 0.25) is 0 Å². The zero-order chi connectivity index (χ0) is 7.82. The molecule has 10 heavy (non-hydrogen) atoms. The molecule has 0 aliphatic rings. The monoisotopic (exact) mass is 142 g/mol. The van der Waals surface area contributed by atoms with Gasteiger partial charge in [0, 0.05) is 13.5 Å². The summed E-state index contributed by atoms with van der Waals surface area (Å²) in [6, 6.07) is 0.150. The number of ether oxygens (including phenoxy) is 1. The minimum absolute atomic E-state index is 0.150. The lowest BCUT2D eigenvalue weighted by Gasteiger charge is -2.09. The van der Waals surface area contributed by atoms with Gasteiger partial charge in [-0.3, -0.25) is 11.3 Å². The number of hydrogen-bond acceptors (Lipinski definition) is 3. The first-order valence-electron chi connectivity index (χ1n) is 3.19. The quantitative estimate of drug-likeness (QED) is 0.327. The Morgan fingerprint density at radius 1 is 1.70 bits per heavy atom. The molecule has 3 N–H and O–H groups in total. The Bertz CT molecular complexity index is 125. The van der Waals surface area contributed by atoms with E-state index in [1.807, 2.05) is 0 Å². The van der Waals surface area contributed by atoms with Gasteiger partial charge in [-0.2, -0.15) is 0 Å². The average Bonchev–Trinajstić information content (AvgIpc) is 1.98. The summed E-state index contributed by atoms with van der Waals surface area (Å²) >= 11 is 0. The van der Waals surface area contributed by atoms with Crippen molar-refractivity contribution >= 4 is 0 Å². The summed E-state index contributed by atoms with van der Waals surface area (Å²) in [7, 11) is 1.64. The van der Waals surface area contributed by atoms with Crippen molar-refractivity contribution in [3.63, 3.8) is 0 Å². The minimum atomic E-state index is 0.150. The van der Waals surface area contributed by atoms with Crippen LogP contribution in [-0.4, -0.2) is 19.8 Å². The lowest BCUT2D eigenvalue weighted by atomic mass is 10.2. The van der Waals surface area contributed by atoms with Crippen LogP contribution >= 0.6 is 0 Å². The number of methoxy groups -OCH3 is 1. The fraction of sp³-hybridized carbons (Fsp3) is 0.714. The van der Waals surface area contributed by atoms with Crippen LogP contribution in [0.2, 0.25) is 0 Å². The predicted octanol–water partition coefficient (Wildman–Crippen LogP) is -0.122. The molecule has 0 amide bonds. The highest BCUT2D eigenvalue weighted by molar-refractivity contribution is 4.97. The molecule has 1 unspecified atom stereocenters. The summed E-state index contributed by atoms with van der Waals surface area (Å²) < 4.78 is 4.88. The van der Waals surface area contributed by atoms with Gasteiger partial charge in [-0.1, -0.05) is 0 Å². The Kier molecular flexibility index (Phi) is 6.19. The average molecular weight is 142 g/mol. The molecule has 0 saturated heterocycles. The Balaban J connectivity index is 3.45. The van der Waals surface area contributed by atoms with Crippen LogP contribution in [0.4, 0.5) is 0 Å². The van der Waals surface area contributed by atoms with E-state index in [1.165, 1.54) is 0 Å². The molecule has 0 aliphatic heterocycles. The summed E-state index contributed by atoms with van der Waals surface area (Å²) in [6.45, 7) is 2.41. The van der Waals surface area contributed by atoms with Crippen molar-refractivity contribution in [1.82, 2.24) is 5.43 Å². The Labute approximate surface area is 61.9 Å². The molecule has 1 atom stereocenters. The summed E-state index contributed by atoms with van der Waals surface area (Å²) in [4.78, 5) is 0. The molecule has 3 nitrogen and oxygen atoms in total. The lowest BCUT2D eigenvalue weighted by Crippen LogP contribution is -2.38. The van der Waals surface area contributed by atoms with E-state index in [1.54, 1.807) is 14.0 Å². The molecule has 0 saturated carbocycles. The summed E-state index contributed by atoms with van der Waals surface area (Å²) in [6.07, 6.45) is 0.737. The van der Waals surface area contributed by atoms with Crippen LogP contribution in [0, 0.1) is 11.8 Å². The van der Waals surface area contributed by atoms with Gasteiger partial charge in [0.05, 0.1) is 12.6 Å². The predicted molar refractivity (Wildman–Crippen MR) is 41.1 cm³/mol. The number of hydrogen-bond donors (Lipinski definition) is 2. The van der Waals surface area contributed by atoms with Crippen LogP contribution in [0.3, 0.4) is 0 Å². The van der Waals surface area contributed by atoms with Gasteiger partial charge in [0.1, 0.15) is 0 Å². The highest BCUT2D eigenvalue weighted by atomic mass is 16.5. The molecule has 0 aliphatic carbocycles. The molecule has 58 valence electrons. The van der Waals surface area contributed by atoms with E-state index < -0.39 is 0 Å². The summed E-state index contributed by atoms with van der Waals surface area (Å²) in [5, 5.41) is 0. The van der Waals surface area contributed by atoms with Crippen molar-refractivity contribution in [2.45, 2.75) is 19.4 Å². The second-order valence-electron chi connectivity index (χ2n) is 1.95. The van der Waals surface area contributed by atoms with Gasteiger partial charge < -0.3 is 4.74 Å². The zero-order valence-electron chi connectivity index (χ0n) is 6.48. The lowest BCUT2D eigenvalue weighted by molar-refractivity contribution is 0.168. The first kappa shape index (κ1) is 9.44. The van der Waals surface area contributed by atoms with Crippen LogP contribution < -0.4 is 11.3 Å². The third kappa shape index (κ3) is 4.33. The van der Waals surface area contributed by atoms with Gasteiger partial charge in [0.25, 0.3) is 0 Å². The van der Waals surface area contributed by atoms with Crippen molar-refractivity contribution in [1.29, 1.82) is 0 Å². The maximum Gasteiger partial charge on any atom is 0.0638 e. The van der Waals surface area contributed by atoms with E-state index in [0.717, 1.165) is 6.42 Å². The van der Waals surface area contributed by atoms with Crippen LogP contribution in [-0.2, 0) is 4.74 Å². The maximum atomic E-state index is 5.20. The topological polar surface area (TPSA) is 47.3 Å². The number of nitrogens with one attached hydrogen (secondary N) is 1. The molecule has 0 radical (unpaired) electrons. The van der Waals surface area contributed by atoms with Crippen molar-refractivity contribution in [3.05, 3.63) is 0 Å². The van der Waals surface area contributed by atoms with E-state index >= 15 is 0 Å². The molecule has 0 rings (SSSR count). The van der Waals surface area contributed by atoms with Gasteiger partial charge in [0.15, 0.2) is 0 Å². The molecule has 0 aromatic rings. The summed E-state index contributed by atoms with van der Waals surface area (Å²) in [5.74, 6) is 10.9. The Morgan fingerprint density at radius 3 is 2.80 bits per heavy atom. The fourth-order valence-corrected chi connectivity index (χ4v) is 0.592. The second kappa shape index (κ2) is 6.56. The van der Waals surface area contributed by atoms with Crippen LogP contribution in [0.5, 0.6) is 0 Å². The minimum Gasteiger partial charge on any atom is -0.383 e. The summed E-state index contributed by atoms with van der Waals surface area (Å²) in [5.41, 5.74) is 2.61. The molecular formula is C7H14N2O. The van der Waals surface area contributed by atoms with E-state index in [9.17, 15) is 0 Å². The number of nitrogens with two attached hydrogens (primary N) is 1. The third-order valence-electron chi connectivity index (χ3n) is 1.13. The molecule has 0 heterocycles. The second-order valence-corrected chi connectivity index (χ2v) is 1.95. The number of hydrazine groups is 1. The van der Waals surface area contributed by atoms with E-state index in [0.29, 0.717) is 6.61 Å². The first-order chi connectivity index (χ1) is 4.85. The molecule has 0 spiro atoms. The smallest absolute Gasteiger partial charge is 0.0638 e. The Morgan fingerprint density at radius 2 is 2.40 bits per heavy atom. The van der Waals surface area contributed by atoms with E-state index in [2.05, 4.69) is 17.3 Å². The molecular weight excluding hydrogens is 128 g/mol. The third-order valence-corrected chi connectivity index (χ3v) is 1.13. The molecule has 0 aromatic carbocycles. The molecule has 0 fully saturated rings. The van der Waals surface area contributed by atoms with Crippen molar-refractivity contribution in [3.8, 4) is 11.8 Å². The zero-order valence-corrected chi connectivity index (χ0v) is 6.48. The molecule has 0 aromatic heterocycles. The van der Waals surface area contributed by atoms with Gasteiger partial charge in [-0.05, 0) is 6.92 Å². The van der Waals surface area contributed by atoms with Crippen molar-refractivity contribution in [2.24, 2.45) is 5.84 Å². The van der Waals surface area contributed by atoms with Gasteiger partial charge in [-0.25, -0.2) is 0 Å². The Hall–Kier alpha value is -0.560. The van der Waals surface area contributed by atoms with Gasteiger partial charge in [-0.15, -0.1) is 11.8 Å².